The van der Waals surface area contributed by atoms with Gasteiger partial charge in [0.1, 0.15) is 0 Å². The van der Waals surface area contributed by atoms with Crippen molar-refractivity contribution in [1.82, 2.24) is 14.8 Å². The highest BCUT2D eigenvalue weighted by Gasteiger charge is 2.15. The van der Waals surface area contributed by atoms with Crippen molar-refractivity contribution in [3.63, 3.8) is 0 Å². The van der Waals surface area contributed by atoms with Crippen LogP contribution >= 0.6 is 0 Å². The summed E-state index contributed by atoms with van der Waals surface area (Å²) in [5, 5.41) is 4.65. The summed E-state index contributed by atoms with van der Waals surface area (Å²) >= 11 is 0. The van der Waals surface area contributed by atoms with Gasteiger partial charge in [0.05, 0.1) is 0 Å². The molecule has 3 nitrogen and oxygen atoms in total. The van der Waals surface area contributed by atoms with E-state index in [2.05, 4.69) is 143 Å². The van der Waals surface area contributed by atoms with Gasteiger partial charge >= 0.3 is 0 Å². The van der Waals surface area contributed by atoms with E-state index in [1.807, 2.05) is 11.7 Å². The normalized spacial score (nSPS) is 11.3. The van der Waals surface area contributed by atoms with Gasteiger partial charge in [-0.05, 0) is 137 Å². The summed E-state index contributed by atoms with van der Waals surface area (Å²) in [5.74, 6) is 1.82. The lowest BCUT2D eigenvalue weighted by Gasteiger charge is -2.16. The van der Waals surface area contributed by atoms with E-state index in [0.717, 1.165) is 42.9 Å². The summed E-state index contributed by atoms with van der Waals surface area (Å²) in [4.78, 5) is 4.85. The fourth-order valence-electron chi connectivity index (χ4n) is 6.89. The van der Waals surface area contributed by atoms with E-state index >= 15 is 0 Å². The molecule has 0 N–H and O–H groups in total. The fourth-order valence-corrected chi connectivity index (χ4v) is 6.89. The molecule has 3 heteroatoms. The molecule has 0 saturated carbocycles. The Kier molecular flexibility index (Phi) is 10.9. The van der Waals surface area contributed by atoms with E-state index in [0.29, 0.717) is 0 Å². The second-order valence-corrected chi connectivity index (χ2v) is 13.7. The molecule has 0 radical (unpaired) electrons. The van der Waals surface area contributed by atoms with E-state index in [1.54, 1.807) is 0 Å². The van der Waals surface area contributed by atoms with E-state index in [-0.39, 0.29) is 0 Å². The van der Waals surface area contributed by atoms with E-state index in [9.17, 15) is 0 Å². The maximum absolute atomic E-state index is 4.85. The molecule has 0 spiro atoms. The average molecular weight is 646 g/mol. The van der Waals surface area contributed by atoms with Crippen molar-refractivity contribution in [3.05, 3.63) is 131 Å². The molecule has 6 rings (SSSR count). The first-order valence-electron chi connectivity index (χ1n) is 18.3. The van der Waals surface area contributed by atoms with Crippen molar-refractivity contribution in [2.24, 2.45) is 7.05 Å². The summed E-state index contributed by atoms with van der Waals surface area (Å²) in [7, 11) is 1.99. The molecule has 0 saturated heterocycles. The SMILES string of the molecule is CCCCc1ccc(-c2cc(-c3ccc(CCCC)cc3)cc(-c3cc(C)c(-c4cccc(-c5nc(CCC)nn5C)c4)cc3C)c2)cc1. The second kappa shape index (κ2) is 15.6. The summed E-state index contributed by atoms with van der Waals surface area (Å²) in [5.41, 5.74) is 16.5. The lowest BCUT2D eigenvalue weighted by Crippen LogP contribution is -1.96. The molecular weight excluding hydrogens is 595 g/mol. The van der Waals surface area contributed by atoms with Gasteiger partial charge in [0.2, 0.25) is 0 Å². The van der Waals surface area contributed by atoms with Crippen LogP contribution in [0.1, 0.15) is 81.0 Å². The van der Waals surface area contributed by atoms with Crippen molar-refractivity contribution >= 4 is 0 Å². The first-order chi connectivity index (χ1) is 23.9. The Labute approximate surface area is 294 Å². The van der Waals surface area contributed by atoms with Crippen LogP contribution in [-0.2, 0) is 26.3 Å². The minimum Gasteiger partial charge on any atom is -0.249 e. The zero-order chi connectivity index (χ0) is 34.3. The summed E-state index contributed by atoms with van der Waals surface area (Å²) < 4.78 is 1.91. The minimum absolute atomic E-state index is 0.894. The largest absolute Gasteiger partial charge is 0.249 e. The molecule has 250 valence electrons. The van der Waals surface area contributed by atoms with Crippen LogP contribution in [0.25, 0.3) is 55.9 Å². The Hall–Kier alpha value is -4.76. The van der Waals surface area contributed by atoms with Crippen molar-refractivity contribution in [1.29, 1.82) is 0 Å². The average Bonchev–Trinajstić information content (AvgIpc) is 3.50. The predicted octanol–water partition coefficient (Wildman–Crippen LogP) is 12.4. The highest BCUT2D eigenvalue weighted by molar-refractivity contribution is 5.84. The lowest BCUT2D eigenvalue weighted by molar-refractivity contribution is 0.737. The van der Waals surface area contributed by atoms with Gasteiger partial charge in [-0.3, -0.25) is 0 Å². The third kappa shape index (κ3) is 7.94. The van der Waals surface area contributed by atoms with Gasteiger partial charge in [0.25, 0.3) is 0 Å². The molecule has 49 heavy (non-hydrogen) atoms. The van der Waals surface area contributed by atoms with E-state index in [4.69, 9.17) is 4.98 Å². The Bertz CT molecular complexity index is 1940. The number of hydrogen-bond donors (Lipinski definition) is 0. The maximum Gasteiger partial charge on any atom is 0.158 e. The second-order valence-electron chi connectivity index (χ2n) is 13.7. The number of nitrogens with zero attached hydrogens (tertiary/aromatic N) is 3. The number of aromatic nitrogens is 3. The molecule has 5 aromatic carbocycles. The Balaban J connectivity index is 1.39. The Morgan fingerprint density at radius 3 is 1.51 bits per heavy atom. The van der Waals surface area contributed by atoms with Crippen molar-refractivity contribution in [2.45, 2.75) is 86.0 Å². The van der Waals surface area contributed by atoms with Crippen LogP contribution in [-0.4, -0.2) is 14.8 Å². The summed E-state index contributed by atoms with van der Waals surface area (Å²) in [6, 6.07) is 39.1. The molecule has 0 aliphatic heterocycles. The van der Waals surface area contributed by atoms with Crippen LogP contribution in [0.4, 0.5) is 0 Å². The van der Waals surface area contributed by atoms with Gasteiger partial charge in [0.15, 0.2) is 11.6 Å². The first kappa shape index (κ1) is 34.1. The number of unbranched alkanes of at least 4 members (excludes halogenated alkanes) is 2. The topological polar surface area (TPSA) is 30.7 Å². The third-order valence-corrected chi connectivity index (χ3v) is 9.74. The lowest BCUT2D eigenvalue weighted by atomic mass is 9.88. The zero-order valence-electron chi connectivity index (χ0n) is 30.3. The van der Waals surface area contributed by atoms with Gasteiger partial charge in [-0.1, -0.05) is 112 Å². The Morgan fingerprint density at radius 1 is 0.490 bits per heavy atom. The van der Waals surface area contributed by atoms with Crippen LogP contribution in [0, 0.1) is 13.8 Å². The van der Waals surface area contributed by atoms with Crippen LogP contribution in [0.3, 0.4) is 0 Å². The molecule has 0 aliphatic rings. The van der Waals surface area contributed by atoms with Gasteiger partial charge in [0, 0.05) is 19.0 Å². The summed E-state index contributed by atoms with van der Waals surface area (Å²) in [6.45, 7) is 11.2. The third-order valence-electron chi connectivity index (χ3n) is 9.74. The van der Waals surface area contributed by atoms with Gasteiger partial charge in [-0.2, -0.15) is 5.10 Å². The molecule has 1 aromatic heterocycles. The van der Waals surface area contributed by atoms with Gasteiger partial charge < -0.3 is 0 Å². The van der Waals surface area contributed by atoms with Crippen molar-refractivity contribution in [3.8, 4) is 55.9 Å². The maximum atomic E-state index is 4.85. The van der Waals surface area contributed by atoms with Crippen molar-refractivity contribution < 1.29 is 0 Å². The molecule has 6 aromatic rings. The highest BCUT2D eigenvalue weighted by Crippen LogP contribution is 2.38. The highest BCUT2D eigenvalue weighted by atomic mass is 15.3. The molecule has 0 fully saturated rings. The first-order valence-corrected chi connectivity index (χ1v) is 18.3. The van der Waals surface area contributed by atoms with Crippen LogP contribution in [0.5, 0.6) is 0 Å². The predicted molar refractivity (Wildman–Crippen MR) is 209 cm³/mol. The molecule has 0 amide bonds. The zero-order valence-corrected chi connectivity index (χ0v) is 30.3. The van der Waals surface area contributed by atoms with Crippen LogP contribution in [0.2, 0.25) is 0 Å². The van der Waals surface area contributed by atoms with Crippen LogP contribution < -0.4 is 0 Å². The standard InChI is InChI=1S/C46H51N3/c1-7-10-14-34-18-22-36(23-19-34)40-29-41(37-24-20-35(21-25-37)15-11-8-2)31-42(30-40)44-27-32(4)43(26-33(44)5)38-16-12-17-39(28-38)46-47-45(13-9-3)48-49(46)6/h12,16-31H,7-11,13-15H2,1-6H3. The molecule has 1 heterocycles. The molecule has 0 aliphatic carbocycles. The van der Waals surface area contributed by atoms with E-state index < -0.39 is 0 Å². The van der Waals surface area contributed by atoms with Gasteiger partial charge in [-0.15, -0.1) is 0 Å². The fraction of sp³-hybridized carbons (Fsp3) is 0.304. The molecule has 0 atom stereocenters. The molecule has 0 unspecified atom stereocenters. The number of hydrogen-bond acceptors (Lipinski definition) is 2. The quantitative estimate of drug-likeness (QED) is 0.125. The summed E-state index contributed by atoms with van der Waals surface area (Å²) in [6.07, 6.45) is 9.10. The van der Waals surface area contributed by atoms with Crippen LogP contribution in [0.15, 0.2) is 103 Å². The Morgan fingerprint density at radius 2 is 0.980 bits per heavy atom. The molecule has 0 bridgehead atoms. The minimum atomic E-state index is 0.894. The van der Waals surface area contributed by atoms with Gasteiger partial charge in [-0.25, -0.2) is 9.67 Å². The molecular formula is C46H51N3. The smallest absolute Gasteiger partial charge is 0.158 e. The van der Waals surface area contributed by atoms with Crippen molar-refractivity contribution in [2.75, 3.05) is 0 Å². The monoisotopic (exact) mass is 645 g/mol. The number of aryl methyl sites for hydroxylation is 6. The number of benzene rings is 5. The van der Waals surface area contributed by atoms with E-state index in [1.165, 1.54) is 92.4 Å². The number of rotatable bonds is 13.